The first-order valence-corrected chi connectivity index (χ1v) is 5.55. The summed E-state index contributed by atoms with van der Waals surface area (Å²) in [6, 6.07) is 4.34. The zero-order valence-corrected chi connectivity index (χ0v) is 10.5. The van der Waals surface area contributed by atoms with E-state index in [1.54, 1.807) is 13.0 Å². The average Bonchev–Trinajstić information content (AvgIpc) is 2.36. The molecule has 100 valence electrons. The Kier molecular flexibility index (Phi) is 3.48. The van der Waals surface area contributed by atoms with Crippen LogP contribution in [0.25, 0.3) is 10.9 Å². The predicted octanol–water partition coefficient (Wildman–Crippen LogP) is 0.0881. The number of phenolic OH excluding ortho intramolecular Hbond substituents is 1. The lowest BCUT2D eigenvalue weighted by Crippen LogP contribution is -2.33. The van der Waals surface area contributed by atoms with Crippen LogP contribution in [-0.2, 0) is 16.2 Å². The highest BCUT2D eigenvalue weighted by atomic mass is 16.6. The van der Waals surface area contributed by atoms with Gasteiger partial charge in [0.2, 0.25) is 0 Å². The van der Waals surface area contributed by atoms with Crippen molar-refractivity contribution in [2.24, 2.45) is 0 Å². The van der Waals surface area contributed by atoms with Gasteiger partial charge in [-0.15, -0.1) is 0 Å². The van der Waals surface area contributed by atoms with Crippen molar-refractivity contribution in [3.63, 3.8) is 0 Å². The van der Waals surface area contributed by atoms with Crippen molar-refractivity contribution in [1.29, 1.82) is 0 Å². The predicted molar refractivity (Wildman–Crippen MR) is 67.6 cm³/mol. The van der Waals surface area contributed by atoms with E-state index in [4.69, 9.17) is 0 Å². The summed E-state index contributed by atoms with van der Waals surface area (Å²) < 4.78 is 1.22. The fraction of sp³-hybridized carbons (Fsp3) is 0.250. The number of phenols is 1. The topological polar surface area (TPSA) is 93.4 Å². The molecule has 1 heterocycles. The van der Waals surface area contributed by atoms with Crippen LogP contribution < -0.4 is 11.0 Å². The molecule has 2 rings (SSSR count). The number of hydrogen-bond acceptors (Lipinski definition) is 5. The standard InChI is InChI=1S/C12H13N3O4/c1-7-13-10-4-3-8(16)5-9(10)12(18)15(7)6-11(17)14-19-2/h3-5,16H,6H2,1-2H3,(H,14,17). The Bertz CT molecular complexity index is 693. The van der Waals surface area contributed by atoms with E-state index in [0.29, 0.717) is 11.3 Å². The van der Waals surface area contributed by atoms with Crippen LogP contribution in [0.4, 0.5) is 0 Å². The molecule has 0 aliphatic heterocycles. The number of aromatic nitrogens is 2. The van der Waals surface area contributed by atoms with Crippen LogP contribution in [0.15, 0.2) is 23.0 Å². The number of carbonyl (C=O) groups excluding carboxylic acids is 1. The molecule has 1 aromatic carbocycles. The van der Waals surface area contributed by atoms with Gasteiger partial charge >= 0.3 is 0 Å². The molecule has 0 atom stereocenters. The molecule has 0 spiro atoms. The summed E-state index contributed by atoms with van der Waals surface area (Å²) in [7, 11) is 1.31. The van der Waals surface area contributed by atoms with Gasteiger partial charge in [-0.25, -0.2) is 10.5 Å². The highest BCUT2D eigenvalue weighted by Crippen LogP contribution is 2.15. The molecule has 1 amide bonds. The Labute approximate surface area is 108 Å². The van der Waals surface area contributed by atoms with Crippen molar-refractivity contribution >= 4 is 16.8 Å². The lowest BCUT2D eigenvalue weighted by molar-refractivity contribution is -0.132. The van der Waals surface area contributed by atoms with E-state index in [9.17, 15) is 14.7 Å². The number of hydrogen-bond donors (Lipinski definition) is 2. The van der Waals surface area contributed by atoms with Crippen LogP contribution in [0.2, 0.25) is 0 Å². The Morgan fingerprint density at radius 1 is 1.53 bits per heavy atom. The zero-order valence-electron chi connectivity index (χ0n) is 10.5. The fourth-order valence-electron chi connectivity index (χ4n) is 1.80. The second-order valence-electron chi connectivity index (χ2n) is 3.98. The minimum atomic E-state index is -0.464. The number of nitrogens with one attached hydrogen (secondary N) is 1. The fourth-order valence-corrected chi connectivity index (χ4v) is 1.80. The minimum Gasteiger partial charge on any atom is -0.508 e. The molecular weight excluding hydrogens is 250 g/mol. The molecule has 2 aromatic rings. The number of nitrogens with zero attached hydrogens (tertiary/aromatic N) is 2. The molecule has 1 aromatic heterocycles. The summed E-state index contributed by atoms with van der Waals surface area (Å²) in [4.78, 5) is 32.4. The molecule has 19 heavy (non-hydrogen) atoms. The second kappa shape index (κ2) is 5.07. The van der Waals surface area contributed by atoms with E-state index in [0.717, 1.165) is 0 Å². The summed E-state index contributed by atoms with van der Waals surface area (Å²) in [5, 5.41) is 9.67. The molecule has 7 nitrogen and oxygen atoms in total. The van der Waals surface area contributed by atoms with E-state index in [-0.39, 0.29) is 23.2 Å². The van der Waals surface area contributed by atoms with Crippen LogP contribution in [0.1, 0.15) is 5.82 Å². The van der Waals surface area contributed by atoms with Gasteiger partial charge < -0.3 is 5.11 Å². The molecule has 0 radical (unpaired) electrons. The number of aryl methyl sites for hydroxylation is 1. The SMILES string of the molecule is CONC(=O)Cn1c(C)nc2ccc(O)cc2c1=O. The molecule has 2 N–H and O–H groups in total. The van der Waals surface area contributed by atoms with Gasteiger partial charge in [0.1, 0.15) is 18.1 Å². The highest BCUT2D eigenvalue weighted by molar-refractivity contribution is 5.80. The first kappa shape index (κ1) is 13.0. The first-order valence-electron chi connectivity index (χ1n) is 5.55. The third-order valence-corrected chi connectivity index (χ3v) is 2.65. The third-order valence-electron chi connectivity index (χ3n) is 2.65. The molecule has 0 aliphatic carbocycles. The summed E-state index contributed by atoms with van der Waals surface area (Å²) >= 11 is 0. The largest absolute Gasteiger partial charge is 0.508 e. The Morgan fingerprint density at radius 3 is 2.95 bits per heavy atom. The maximum absolute atomic E-state index is 12.2. The average molecular weight is 263 g/mol. The van der Waals surface area contributed by atoms with Gasteiger partial charge in [-0.05, 0) is 25.1 Å². The van der Waals surface area contributed by atoms with Gasteiger partial charge in [-0.2, -0.15) is 0 Å². The molecule has 7 heteroatoms. The van der Waals surface area contributed by atoms with Crippen LogP contribution in [0.5, 0.6) is 5.75 Å². The van der Waals surface area contributed by atoms with Gasteiger partial charge in [0.05, 0.1) is 18.0 Å². The maximum atomic E-state index is 12.2. The maximum Gasteiger partial charge on any atom is 0.263 e. The number of carbonyl (C=O) groups is 1. The number of amides is 1. The monoisotopic (exact) mass is 263 g/mol. The Morgan fingerprint density at radius 2 is 2.26 bits per heavy atom. The smallest absolute Gasteiger partial charge is 0.263 e. The van der Waals surface area contributed by atoms with Gasteiger partial charge in [-0.1, -0.05) is 0 Å². The van der Waals surface area contributed by atoms with Crippen molar-refractivity contribution < 1.29 is 14.7 Å². The summed E-state index contributed by atoms with van der Waals surface area (Å²) in [5.74, 6) is -0.0772. The number of rotatable bonds is 3. The lowest BCUT2D eigenvalue weighted by Gasteiger charge is -2.10. The third kappa shape index (κ3) is 2.55. The van der Waals surface area contributed by atoms with Crippen molar-refractivity contribution in [2.45, 2.75) is 13.5 Å². The van der Waals surface area contributed by atoms with Crippen molar-refractivity contribution in [3.05, 3.63) is 34.4 Å². The minimum absolute atomic E-state index is 0.0249. The molecule has 0 fully saturated rings. The van der Waals surface area contributed by atoms with Crippen LogP contribution in [0, 0.1) is 6.92 Å². The molecule has 0 bridgehead atoms. The second-order valence-corrected chi connectivity index (χ2v) is 3.98. The van der Waals surface area contributed by atoms with Crippen molar-refractivity contribution in [2.75, 3.05) is 7.11 Å². The zero-order chi connectivity index (χ0) is 14.0. The first-order chi connectivity index (χ1) is 9.02. The van der Waals surface area contributed by atoms with Crippen LogP contribution in [-0.4, -0.2) is 27.7 Å². The molecule has 0 saturated carbocycles. The molecular formula is C12H13N3O4. The Hall–Kier alpha value is -2.41. The number of benzene rings is 1. The summed E-state index contributed by atoms with van der Waals surface area (Å²) in [6.45, 7) is 1.44. The highest BCUT2D eigenvalue weighted by Gasteiger charge is 2.11. The van der Waals surface area contributed by atoms with E-state index in [2.05, 4.69) is 15.3 Å². The lowest BCUT2D eigenvalue weighted by atomic mass is 10.2. The summed E-state index contributed by atoms with van der Waals surface area (Å²) in [6.07, 6.45) is 0. The normalized spacial score (nSPS) is 10.6. The van der Waals surface area contributed by atoms with Gasteiger partial charge in [0, 0.05) is 0 Å². The van der Waals surface area contributed by atoms with Crippen LogP contribution >= 0.6 is 0 Å². The Balaban J connectivity index is 2.55. The molecule has 0 unspecified atom stereocenters. The number of hydroxylamine groups is 1. The van der Waals surface area contributed by atoms with E-state index < -0.39 is 5.91 Å². The van der Waals surface area contributed by atoms with Gasteiger partial charge in [0.15, 0.2) is 0 Å². The number of aromatic hydroxyl groups is 1. The van der Waals surface area contributed by atoms with Gasteiger partial charge in [0.25, 0.3) is 11.5 Å². The van der Waals surface area contributed by atoms with Crippen molar-refractivity contribution in [1.82, 2.24) is 15.0 Å². The number of fused-ring (bicyclic) bond motifs is 1. The van der Waals surface area contributed by atoms with E-state index >= 15 is 0 Å². The van der Waals surface area contributed by atoms with E-state index in [1.807, 2.05) is 0 Å². The molecule has 0 aliphatic rings. The molecule has 0 saturated heterocycles. The summed E-state index contributed by atoms with van der Waals surface area (Å²) in [5.41, 5.74) is 2.22. The van der Waals surface area contributed by atoms with Gasteiger partial charge in [-0.3, -0.25) is 19.0 Å². The van der Waals surface area contributed by atoms with E-state index in [1.165, 1.54) is 23.8 Å². The van der Waals surface area contributed by atoms with Crippen LogP contribution in [0.3, 0.4) is 0 Å². The van der Waals surface area contributed by atoms with Crippen molar-refractivity contribution in [3.8, 4) is 5.75 Å². The quantitative estimate of drug-likeness (QED) is 0.765.